The maximum absolute atomic E-state index is 13.4. The van der Waals surface area contributed by atoms with Gasteiger partial charge in [0.2, 0.25) is 5.91 Å². The Morgan fingerprint density at radius 3 is 2.47 bits per heavy atom. The minimum atomic E-state index is -0.554. The zero-order valence-corrected chi connectivity index (χ0v) is 9.99. The molecule has 2 aromatic carbocycles. The number of nitrogen functional groups attached to an aromatic ring is 1. The van der Waals surface area contributed by atoms with E-state index < -0.39 is 11.7 Å². The van der Waals surface area contributed by atoms with Crippen molar-refractivity contribution in [1.82, 2.24) is 0 Å². The van der Waals surface area contributed by atoms with E-state index in [2.05, 4.69) is 5.32 Å². The molecule has 0 radical (unpaired) electrons. The number of nitrogens with one attached hydrogen (secondary N) is 1. The molecule has 0 aliphatic carbocycles. The summed E-state index contributed by atoms with van der Waals surface area (Å²) in [6, 6.07) is 9.48. The average Bonchev–Trinajstić information content (AvgIpc) is 2.37. The summed E-state index contributed by atoms with van der Waals surface area (Å²) in [5.41, 5.74) is 6.55. The largest absolute Gasteiger partial charge is 0.399 e. The van der Waals surface area contributed by atoms with Crippen molar-refractivity contribution in [3.8, 4) is 0 Å². The lowest BCUT2D eigenvalue weighted by Crippen LogP contribution is -2.15. The van der Waals surface area contributed by atoms with Crippen molar-refractivity contribution in [2.45, 2.75) is 6.42 Å². The lowest BCUT2D eigenvalue weighted by molar-refractivity contribution is -0.115. The Kier molecular flexibility index (Phi) is 3.75. The first-order chi connectivity index (χ1) is 9.04. The molecular weight excluding hydrogens is 250 g/mol. The molecule has 1 amide bonds. The van der Waals surface area contributed by atoms with Gasteiger partial charge in [-0.3, -0.25) is 4.79 Å². The number of halogens is 2. The second-order valence-corrected chi connectivity index (χ2v) is 4.09. The van der Waals surface area contributed by atoms with E-state index in [9.17, 15) is 13.6 Å². The van der Waals surface area contributed by atoms with Crippen molar-refractivity contribution in [3.05, 3.63) is 59.7 Å². The van der Waals surface area contributed by atoms with E-state index >= 15 is 0 Å². The summed E-state index contributed by atoms with van der Waals surface area (Å²) < 4.78 is 26.1. The lowest BCUT2D eigenvalue weighted by atomic mass is 10.1. The van der Waals surface area contributed by atoms with Crippen molar-refractivity contribution in [3.63, 3.8) is 0 Å². The number of nitrogens with two attached hydrogens (primary N) is 1. The van der Waals surface area contributed by atoms with E-state index in [0.29, 0.717) is 11.3 Å². The Morgan fingerprint density at radius 1 is 1.11 bits per heavy atom. The maximum Gasteiger partial charge on any atom is 0.228 e. The molecule has 19 heavy (non-hydrogen) atoms. The molecule has 0 heterocycles. The number of hydrogen-bond acceptors (Lipinski definition) is 2. The third-order valence-corrected chi connectivity index (χ3v) is 2.54. The van der Waals surface area contributed by atoms with Crippen LogP contribution in [0, 0.1) is 11.6 Å². The fourth-order valence-corrected chi connectivity index (χ4v) is 1.62. The number of rotatable bonds is 3. The van der Waals surface area contributed by atoms with Crippen LogP contribution in [0.3, 0.4) is 0 Å². The first kappa shape index (κ1) is 13.0. The summed E-state index contributed by atoms with van der Waals surface area (Å²) >= 11 is 0. The monoisotopic (exact) mass is 262 g/mol. The van der Waals surface area contributed by atoms with E-state index in [-0.39, 0.29) is 17.9 Å². The van der Waals surface area contributed by atoms with E-state index in [4.69, 9.17) is 5.73 Å². The number of benzene rings is 2. The Bertz CT molecular complexity index is 597. The number of carbonyl (C=O) groups excluding carboxylic acids is 1. The van der Waals surface area contributed by atoms with E-state index in [1.165, 1.54) is 42.5 Å². The van der Waals surface area contributed by atoms with Crippen LogP contribution in [0.5, 0.6) is 0 Å². The van der Waals surface area contributed by atoms with Gasteiger partial charge >= 0.3 is 0 Å². The Hall–Kier alpha value is -2.43. The first-order valence-corrected chi connectivity index (χ1v) is 5.64. The van der Waals surface area contributed by atoms with Gasteiger partial charge in [-0.2, -0.15) is 0 Å². The Morgan fingerprint density at radius 2 is 1.79 bits per heavy atom. The molecule has 3 nitrogen and oxygen atoms in total. The van der Waals surface area contributed by atoms with Crippen LogP contribution in [-0.4, -0.2) is 5.91 Å². The topological polar surface area (TPSA) is 55.1 Å². The lowest BCUT2D eigenvalue weighted by Gasteiger charge is -2.07. The third kappa shape index (κ3) is 3.51. The molecule has 0 aliphatic heterocycles. The molecule has 0 atom stereocenters. The fourth-order valence-electron chi connectivity index (χ4n) is 1.62. The highest BCUT2D eigenvalue weighted by Gasteiger charge is 2.08. The summed E-state index contributed by atoms with van der Waals surface area (Å²) in [5, 5.41) is 2.43. The van der Waals surface area contributed by atoms with Crippen molar-refractivity contribution < 1.29 is 13.6 Å². The molecule has 0 spiro atoms. The molecular formula is C14H12F2N2O. The van der Waals surface area contributed by atoms with Gasteiger partial charge in [-0.25, -0.2) is 8.78 Å². The SMILES string of the molecule is Nc1ccc(F)c(NC(=O)Cc2ccc(F)cc2)c1. The van der Waals surface area contributed by atoms with Crippen molar-refractivity contribution >= 4 is 17.3 Å². The van der Waals surface area contributed by atoms with Crippen molar-refractivity contribution in [2.24, 2.45) is 0 Å². The van der Waals surface area contributed by atoms with E-state index in [0.717, 1.165) is 0 Å². The average molecular weight is 262 g/mol. The van der Waals surface area contributed by atoms with Gasteiger partial charge in [0.15, 0.2) is 0 Å². The smallest absolute Gasteiger partial charge is 0.228 e. The molecule has 98 valence electrons. The van der Waals surface area contributed by atoms with Gasteiger partial charge in [0, 0.05) is 5.69 Å². The molecule has 0 bridgehead atoms. The summed E-state index contributed by atoms with van der Waals surface area (Å²) in [7, 11) is 0. The van der Waals surface area contributed by atoms with Crippen LogP contribution in [0.15, 0.2) is 42.5 Å². The molecule has 3 N–H and O–H groups in total. The predicted molar refractivity (Wildman–Crippen MR) is 69.5 cm³/mol. The van der Waals surface area contributed by atoms with Crippen LogP contribution >= 0.6 is 0 Å². The summed E-state index contributed by atoms with van der Waals surface area (Å²) in [4.78, 5) is 11.7. The van der Waals surface area contributed by atoms with Crippen LogP contribution in [0.1, 0.15) is 5.56 Å². The number of hydrogen-bond donors (Lipinski definition) is 2. The molecule has 5 heteroatoms. The van der Waals surface area contributed by atoms with Gasteiger partial charge < -0.3 is 11.1 Å². The normalized spacial score (nSPS) is 10.2. The van der Waals surface area contributed by atoms with E-state index in [1.807, 2.05) is 0 Å². The second kappa shape index (κ2) is 5.48. The van der Waals surface area contributed by atoms with Gasteiger partial charge in [0.25, 0.3) is 0 Å². The quantitative estimate of drug-likeness (QED) is 0.836. The molecule has 0 fully saturated rings. The number of anilines is 2. The van der Waals surface area contributed by atoms with Crippen LogP contribution in [0.4, 0.5) is 20.2 Å². The highest BCUT2D eigenvalue weighted by atomic mass is 19.1. The standard InChI is InChI=1S/C14H12F2N2O/c15-10-3-1-9(2-4-10)7-14(19)18-13-8-11(17)5-6-12(13)16/h1-6,8H,7,17H2,(H,18,19). The Labute approximate surface area is 109 Å². The van der Waals surface area contributed by atoms with Crippen LogP contribution < -0.4 is 11.1 Å². The molecule has 0 aliphatic rings. The predicted octanol–water partition coefficient (Wildman–Crippen LogP) is 2.73. The highest BCUT2D eigenvalue weighted by molar-refractivity contribution is 5.92. The first-order valence-electron chi connectivity index (χ1n) is 5.64. The zero-order chi connectivity index (χ0) is 13.8. The molecule has 2 rings (SSSR count). The van der Waals surface area contributed by atoms with Crippen LogP contribution in [-0.2, 0) is 11.2 Å². The van der Waals surface area contributed by atoms with Gasteiger partial charge in [0.1, 0.15) is 11.6 Å². The van der Waals surface area contributed by atoms with Gasteiger partial charge in [-0.1, -0.05) is 12.1 Å². The third-order valence-electron chi connectivity index (χ3n) is 2.54. The van der Waals surface area contributed by atoms with Crippen molar-refractivity contribution in [1.29, 1.82) is 0 Å². The number of carbonyl (C=O) groups is 1. The van der Waals surface area contributed by atoms with E-state index in [1.54, 1.807) is 0 Å². The fraction of sp³-hybridized carbons (Fsp3) is 0.0714. The molecule has 0 unspecified atom stereocenters. The minimum Gasteiger partial charge on any atom is -0.399 e. The van der Waals surface area contributed by atoms with Crippen LogP contribution in [0.25, 0.3) is 0 Å². The van der Waals surface area contributed by atoms with Crippen LogP contribution in [0.2, 0.25) is 0 Å². The minimum absolute atomic E-state index is 0.0344. The number of amides is 1. The van der Waals surface area contributed by atoms with Gasteiger partial charge in [-0.05, 0) is 35.9 Å². The summed E-state index contributed by atoms with van der Waals surface area (Å²) in [6.07, 6.45) is 0.0362. The van der Waals surface area contributed by atoms with Crippen molar-refractivity contribution in [2.75, 3.05) is 11.1 Å². The zero-order valence-electron chi connectivity index (χ0n) is 9.99. The molecule has 0 saturated heterocycles. The Balaban J connectivity index is 2.05. The highest BCUT2D eigenvalue weighted by Crippen LogP contribution is 2.17. The molecule has 2 aromatic rings. The molecule has 0 aromatic heterocycles. The second-order valence-electron chi connectivity index (χ2n) is 4.09. The summed E-state index contributed by atoms with van der Waals surface area (Å²) in [6.45, 7) is 0. The summed E-state index contributed by atoms with van der Waals surface area (Å²) in [5.74, 6) is -1.32. The molecule has 0 saturated carbocycles. The van der Waals surface area contributed by atoms with Gasteiger partial charge in [-0.15, -0.1) is 0 Å². The van der Waals surface area contributed by atoms with Gasteiger partial charge in [0.05, 0.1) is 12.1 Å². The maximum atomic E-state index is 13.4.